The third-order valence-electron chi connectivity index (χ3n) is 2.07. The summed E-state index contributed by atoms with van der Waals surface area (Å²) in [5.74, 6) is 6.07. The van der Waals surface area contributed by atoms with E-state index in [-0.39, 0.29) is 0 Å². The number of amides is 1. The van der Waals surface area contributed by atoms with Gasteiger partial charge in [0.05, 0.1) is 0 Å². The fourth-order valence-electron chi connectivity index (χ4n) is 1.29. The van der Waals surface area contributed by atoms with Gasteiger partial charge >= 0.3 is 6.09 Å². The van der Waals surface area contributed by atoms with E-state index in [2.05, 4.69) is 49.0 Å². The summed E-state index contributed by atoms with van der Waals surface area (Å²) in [4.78, 5) is 11.4. The molecule has 0 atom stereocenters. The van der Waals surface area contributed by atoms with Crippen LogP contribution in [0.5, 0.6) is 0 Å². The molecule has 0 aliphatic rings. The minimum absolute atomic E-state index is 0.414. The maximum atomic E-state index is 11.4. The molecule has 1 rings (SSSR count). The van der Waals surface area contributed by atoms with Crippen LogP contribution in [0.3, 0.4) is 0 Å². The summed E-state index contributed by atoms with van der Waals surface area (Å²) in [6.07, 6.45) is 0.154. The lowest BCUT2D eigenvalue weighted by molar-refractivity contribution is 0.0529. The topological polar surface area (TPSA) is 38.3 Å². The highest BCUT2D eigenvalue weighted by atomic mass is 79.9. The minimum atomic E-state index is -0.475. The van der Waals surface area contributed by atoms with Crippen LogP contribution in [0.15, 0.2) is 27.1 Å². The van der Waals surface area contributed by atoms with E-state index in [1.54, 1.807) is 0 Å². The van der Waals surface area contributed by atoms with Crippen molar-refractivity contribution >= 4 is 38.0 Å². The zero-order valence-corrected chi connectivity index (χ0v) is 14.9. The SMILES string of the molecule is CC(C)(C)OC(=O)NCCC#Cc1cc(Br)ccc1Br. The van der Waals surface area contributed by atoms with Crippen molar-refractivity contribution in [3.63, 3.8) is 0 Å². The van der Waals surface area contributed by atoms with Gasteiger partial charge in [0.1, 0.15) is 5.60 Å². The van der Waals surface area contributed by atoms with Crippen molar-refractivity contribution in [1.82, 2.24) is 5.32 Å². The molecule has 1 aromatic rings. The Morgan fingerprint density at radius 1 is 1.35 bits per heavy atom. The minimum Gasteiger partial charge on any atom is -0.444 e. The first-order valence-corrected chi connectivity index (χ1v) is 7.77. The van der Waals surface area contributed by atoms with Gasteiger partial charge in [-0.05, 0) is 54.9 Å². The highest BCUT2D eigenvalue weighted by Gasteiger charge is 2.15. The fourth-order valence-corrected chi connectivity index (χ4v) is 2.00. The van der Waals surface area contributed by atoms with Crippen LogP contribution < -0.4 is 5.32 Å². The number of hydrogen-bond donors (Lipinski definition) is 1. The molecule has 0 aliphatic carbocycles. The van der Waals surface area contributed by atoms with Gasteiger partial charge in [0, 0.05) is 27.5 Å². The summed E-state index contributed by atoms with van der Waals surface area (Å²) in [6, 6.07) is 5.82. The average Bonchev–Trinajstić information content (AvgIpc) is 2.30. The van der Waals surface area contributed by atoms with E-state index >= 15 is 0 Å². The first-order valence-electron chi connectivity index (χ1n) is 6.19. The van der Waals surface area contributed by atoms with E-state index in [9.17, 15) is 4.79 Å². The zero-order valence-electron chi connectivity index (χ0n) is 11.7. The Kier molecular flexibility index (Phi) is 6.57. The van der Waals surface area contributed by atoms with E-state index in [4.69, 9.17) is 4.74 Å². The van der Waals surface area contributed by atoms with Crippen molar-refractivity contribution in [3.8, 4) is 11.8 Å². The van der Waals surface area contributed by atoms with Gasteiger partial charge < -0.3 is 10.1 Å². The van der Waals surface area contributed by atoms with E-state index in [1.165, 1.54) is 0 Å². The Morgan fingerprint density at radius 3 is 2.70 bits per heavy atom. The second-order valence-electron chi connectivity index (χ2n) is 5.10. The molecule has 0 spiro atoms. The number of nitrogens with one attached hydrogen (secondary N) is 1. The van der Waals surface area contributed by atoms with E-state index in [0.717, 1.165) is 14.5 Å². The molecule has 0 fully saturated rings. The average molecular weight is 403 g/mol. The number of ether oxygens (including phenoxy) is 1. The van der Waals surface area contributed by atoms with Gasteiger partial charge in [-0.3, -0.25) is 0 Å². The number of rotatable bonds is 2. The molecule has 1 aromatic carbocycles. The van der Waals surface area contributed by atoms with Crippen molar-refractivity contribution < 1.29 is 9.53 Å². The van der Waals surface area contributed by atoms with Gasteiger partial charge in [0.2, 0.25) is 0 Å². The standard InChI is InChI=1S/C15H17Br2NO2/c1-15(2,3)20-14(19)18-9-5-4-6-11-10-12(16)7-8-13(11)17/h7-8,10H,5,9H2,1-3H3,(H,18,19). The molecule has 0 unspecified atom stereocenters. The monoisotopic (exact) mass is 401 g/mol. The van der Waals surface area contributed by atoms with Crippen LogP contribution >= 0.6 is 31.9 Å². The molecule has 0 saturated carbocycles. The Hall–Kier alpha value is -0.990. The first-order chi connectivity index (χ1) is 9.28. The van der Waals surface area contributed by atoms with Crippen molar-refractivity contribution in [1.29, 1.82) is 0 Å². The molecule has 20 heavy (non-hydrogen) atoms. The van der Waals surface area contributed by atoms with Crippen LogP contribution in [0.25, 0.3) is 0 Å². The molecule has 108 valence electrons. The van der Waals surface area contributed by atoms with Gasteiger partial charge in [-0.1, -0.05) is 27.8 Å². The first kappa shape index (κ1) is 17.1. The molecule has 0 aromatic heterocycles. The molecule has 0 radical (unpaired) electrons. The van der Waals surface area contributed by atoms with Gasteiger partial charge in [0.25, 0.3) is 0 Å². The largest absolute Gasteiger partial charge is 0.444 e. The van der Waals surface area contributed by atoms with Crippen LogP contribution in [0.2, 0.25) is 0 Å². The Bertz CT molecular complexity index is 539. The van der Waals surface area contributed by atoms with Gasteiger partial charge in [-0.15, -0.1) is 0 Å². The highest BCUT2D eigenvalue weighted by molar-refractivity contribution is 9.11. The number of carbonyl (C=O) groups excluding carboxylic acids is 1. The van der Waals surface area contributed by atoms with Crippen LogP contribution in [0.1, 0.15) is 32.8 Å². The van der Waals surface area contributed by atoms with Crippen molar-refractivity contribution in [2.75, 3.05) is 6.54 Å². The number of alkyl carbamates (subject to hydrolysis) is 1. The predicted octanol–water partition coefficient (Wildman–Crippen LogP) is 4.48. The van der Waals surface area contributed by atoms with Crippen molar-refractivity contribution in [3.05, 3.63) is 32.7 Å². The molecule has 1 N–H and O–H groups in total. The molecule has 3 nitrogen and oxygen atoms in total. The quantitative estimate of drug-likeness (QED) is 0.585. The van der Waals surface area contributed by atoms with Crippen LogP contribution in [-0.4, -0.2) is 18.2 Å². The summed E-state index contributed by atoms with van der Waals surface area (Å²) in [7, 11) is 0. The molecular formula is C15H17Br2NO2. The zero-order chi connectivity index (χ0) is 15.2. The van der Waals surface area contributed by atoms with E-state index in [0.29, 0.717) is 13.0 Å². The lowest BCUT2D eigenvalue weighted by Crippen LogP contribution is -2.32. The summed E-state index contributed by atoms with van der Waals surface area (Å²) >= 11 is 6.85. The van der Waals surface area contributed by atoms with Crippen LogP contribution in [0.4, 0.5) is 4.79 Å². The number of halogens is 2. The van der Waals surface area contributed by atoms with Gasteiger partial charge in [0.15, 0.2) is 0 Å². The van der Waals surface area contributed by atoms with Gasteiger partial charge in [-0.25, -0.2) is 4.79 Å². The molecule has 0 saturated heterocycles. The molecule has 0 heterocycles. The molecule has 0 bridgehead atoms. The Balaban J connectivity index is 2.40. The predicted molar refractivity (Wildman–Crippen MR) is 87.6 cm³/mol. The smallest absolute Gasteiger partial charge is 0.407 e. The second-order valence-corrected chi connectivity index (χ2v) is 6.87. The van der Waals surface area contributed by atoms with E-state index < -0.39 is 11.7 Å². The summed E-state index contributed by atoms with van der Waals surface area (Å²) in [5, 5.41) is 2.67. The van der Waals surface area contributed by atoms with Crippen molar-refractivity contribution in [2.24, 2.45) is 0 Å². The van der Waals surface area contributed by atoms with Crippen molar-refractivity contribution in [2.45, 2.75) is 32.8 Å². The number of hydrogen-bond acceptors (Lipinski definition) is 2. The van der Waals surface area contributed by atoms with E-state index in [1.807, 2.05) is 39.0 Å². The van der Waals surface area contributed by atoms with Crippen LogP contribution in [-0.2, 0) is 4.74 Å². The fraction of sp³-hybridized carbons (Fsp3) is 0.400. The molecule has 1 amide bonds. The maximum absolute atomic E-state index is 11.4. The maximum Gasteiger partial charge on any atom is 0.407 e. The summed E-state index contributed by atoms with van der Waals surface area (Å²) in [6.45, 7) is 5.96. The highest BCUT2D eigenvalue weighted by Crippen LogP contribution is 2.20. The normalized spacial score (nSPS) is 10.4. The third kappa shape index (κ3) is 6.97. The lowest BCUT2D eigenvalue weighted by atomic mass is 10.2. The summed E-state index contributed by atoms with van der Waals surface area (Å²) < 4.78 is 7.06. The lowest BCUT2D eigenvalue weighted by Gasteiger charge is -2.19. The Morgan fingerprint density at radius 2 is 2.05 bits per heavy atom. The molecule has 5 heteroatoms. The third-order valence-corrected chi connectivity index (χ3v) is 3.25. The Labute approximate surface area is 136 Å². The van der Waals surface area contributed by atoms with Gasteiger partial charge in [-0.2, -0.15) is 0 Å². The second kappa shape index (κ2) is 7.70. The molecular weight excluding hydrogens is 386 g/mol. The number of benzene rings is 1. The number of carbonyl (C=O) groups is 1. The summed E-state index contributed by atoms with van der Waals surface area (Å²) in [5.41, 5.74) is 0.438. The van der Waals surface area contributed by atoms with Crippen LogP contribution in [0, 0.1) is 11.8 Å². The molecule has 0 aliphatic heterocycles.